The van der Waals surface area contributed by atoms with Gasteiger partial charge in [0, 0.05) is 0 Å². The van der Waals surface area contributed by atoms with Crippen molar-refractivity contribution in [2.24, 2.45) is 0 Å². The molecule has 0 radical (unpaired) electrons. The van der Waals surface area contributed by atoms with Crippen LogP contribution < -0.4 is 4.74 Å². The minimum atomic E-state index is 0.492. The molecule has 0 amide bonds. The molecular formula is C18H12BrNO. The number of hydrogen-bond acceptors (Lipinski definition) is 2. The summed E-state index contributed by atoms with van der Waals surface area (Å²) in [5.41, 5.74) is 1.75. The molecule has 0 atom stereocenters. The van der Waals surface area contributed by atoms with Crippen LogP contribution in [0.15, 0.2) is 65.1 Å². The van der Waals surface area contributed by atoms with Gasteiger partial charge in [-0.25, -0.2) is 0 Å². The fourth-order valence-corrected chi connectivity index (χ4v) is 2.75. The van der Waals surface area contributed by atoms with Gasteiger partial charge in [-0.15, -0.1) is 0 Å². The van der Waals surface area contributed by atoms with Crippen molar-refractivity contribution in [3.05, 3.63) is 76.3 Å². The first-order chi connectivity index (χ1) is 10.3. The zero-order valence-corrected chi connectivity index (χ0v) is 12.8. The van der Waals surface area contributed by atoms with E-state index in [0.717, 1.165) is 15.8 Å². The molecule has 0 N–H and O–H groups in total. The van der Waals surface area contributed by atoms with E-state index in [0.29, 0.717) is 12.2 Å². The van der Waals surface area contributed by atoms with Crippen LogP contribution >= 0.6 is 15.9 Å². The minimum Gasteiger partial charge on any atom is -0.488 e. The van der Waals surface area contributed by atoms with Crippen LogP contribution in [0.3, 0.4) is 0 Å². The van der Waals surface area contributed by atoms with E-state index in [1.165, 1.54) is 10.8 Å². The normalized spacial score (nSPS) is 10.3. The summed E-state index contributed by atoms with van der Waals surface area (Å²) in [6, 6.07) is 21.9. The molecule has 0 aliphatic rings. The number of ether oxygens (including phenoxy) is 1. The van der Waals surface area contributed by atoms with Gasteiger partial charge in [-0.1, -0.05) is 42.5 Å². The van der Waals surface area contributed by atoms with E-state index < -0.39 is 0 Å². The summed E-state index contributed by atoms with van der Waals surface area (Å²) >= 11 is 3.44. The second kappa shape index (κ2) is 5.99. The Labute approximate surface area is 131 Å². The number of rotatable bonds is 3. The van der Waals surface area contributed by atoms with Crippen molar-refractivity contribution in [3.63, 3.8) is 0 Å². The zero-order chi connectivity index (χ0) is 14.7. The Morgan fingerprint density at radius 2 is 1.81 bits per heavy atom. The first-order valence-electron chi connectivity index (χ1n) is 6.57. The van der Waals surface area contributed by atoms with E-state index in [9.17, 15) is 0 Å². The SMILES string of the molecule is N#Cc1ccc(OCc2cccc3ccccc23)c(Br)c1. The lowest BCUT2D eigenvalue weighted by molar-refractivity contribution is 0.305. The van der Waals surface area contributed by atoms with Crippen LogP contribution in [0.4, 0.5) is 0 Å². The van der Waals surface area contributed by atoms with Crippen LogP contribution in [0.5, 0.6) is 5.75 Å². The Morgan fingerprint density at radius 3 is 2.62 bits per heavy atom. The lowest BCUT2D eigenvalue weighted by Gasteiger charge is -2.10. The maximum atomic E-state index is 8.87. The molecule has 0 heterocycles. The molecule has 0 fully saturated rings. The maximum Gasteiger partial charge on any atom is 0.134 e. The Balaban J connectivity index is 1.86. The summed E-state index contributed by atoms with van der Waals surface area (Å²) in [4.78, 5) is 0. The van der Waals surface area contributed by atoms with E-state index in [1.807, 2.05) is 24.3 Å². The molecule has 0 saturated heterocycles. The summed E-state index contributed by atoms with van der Waals surface area (Å²) in [6.07, 6.45) is 0. The molecule has 3 aromatic carbocycles. The van der Waals surface area contributed by atoms with Crippen molar-refractivity contribution < 1.29 is 4.74 Å². The molecular weight excluding hydrogens is 326 g/mol. The van der Waals surface area contributed by atoms with Gasteiger partial charge in [-0.2, -0.15) is 5.26 Å². The fraction of sp³-hybridized carbons (Fsp3) is 0.0556. The lowest BCUT2D eigenvalue weighted by Crippen LogP contribution is -1.97. The highest BCUT2D eigenvalue weighted by molar-refractivity contribution is 9.10. The Hall–Kier alpha value is -2.31. The molecule has 0 saturated carbocycles. The van der Waals surface area contributed by atoms with Gasteiger partial charge in [0.1, 0.15) is 12.4 Å². The van der Waals surface area contributed by atoms with Crippen LogP contribution in [0, 0.1) is 11.3 Å². The molecule has 3 heteroatoms. The van der Waals surface area contributed by atoms with Gasteiger partial charge >= 0.3 is 0 Å². The van der Waals surface area contributed by atoms with Crippen LogP contribution in [0.1, 0.15) is 11.1 Å². The standard InChI is InChI=1S/C18H12BrNO/c19-17-10-13(11-20)8-9-18(17)21-12-15-6-3-5-14-4-1-2-7-16(14)15/h1-10H,12H2. The van der Waals surface area contributed by atoms with Crippen molar-refractivity contribution in [2.45, 2.75) is 6.61 Å². The number of nitrogens with zero attached hydrogens (tertiary/aromatic N) is 1. The van der Waals surface area contributed by atoms with E-state index in [-0.39, 0.29) is 0 Å². The second-order valence-electron chi connectivity index (χ2n) is 4.68. The van der Waals surface area contributed by atoms with Gasteiger partial charge in [-0.05, 0) is 50.5 Å². The lowest BCUT2D eigenvalue weighted by atomic mass is 10.1. The number of nitriles is 1. The molecule has 0 unspecified atom stereocenters. The molecule has 0 spiro atoms. The van der Waals surface area contributed by atoms with Crippen LogP contribution in [-0.2, 0) is 6.61 Å². The highest BCUT2D eigenvalue weighted by Gasteiger charge is 2.05. The summed E-state index contributed by atoms with van der Waals surface area (Å²) in [6.45, 7) is 0.492. The Morgan fingerprint density at radius 1 is 1.00 bits per heavy atom. The average Bonchev–Trinajstić information content (AvgIpc) is 2.53. The molecule has 0 bridgehead atoms. The molecule has 3 aromatic rings. The van der Waals surface area contributed by atoms with E-state index >= 15 is 0 Å². The van der Waals surface area contributed by atoms with Crippen molar-refractivity contribution in [1.82, 2.24) is 0 Å². The number of halogens is 1. The molecule has 3 rings (SSSR count). The molecule has 21 heavy (non-hydrogen) atoms. The van der Waals surface area contributed by atoms with Crippen molar-refractivity contribution >= 4 is 26.7 Å². The summed E-state index contributed by atoms with van der Waals surface area (Å²) in [7, 11) is 0. The van der Waals surface area contributed by atoms with Crippen LogP contribution in [0.25, 0.3) is 10.8 Å². The largest absolute Gasteiger partial charge is 0.488 e. The van der Waals surface area contributed by atoms with E-state index in [4.69, 9.17) is 10.00 Å². The van der Waals surface area contributed by atoms with Gasteiger partial charge in [0.25, 0.3) is 0 Å². The minimum absolute atomic E-state index is 0.492. The van der Waals surface area contributed by atoms with E-state index in [1.54, 1.807) is 12.1 Å². The molecule has 0 aliphatic heterocycles. The monoisotopic (exact) mass is 337 g/mol. The predicted molar refractivity (Wildman–Crippen MR) is 87.1 cm³/mol. The second-order valence-corrected chi connectivity index (χ2v) is 5.54. The molecule has 102 valence electrons. The third-order valence-electron chi connectivity index (χ3n) is 3.32. The van der Waals surface area contributed by atoms with Gasteiger partial charge in [-0.3, -0.25) is 0 Å². The zero-order valence-electron chi connectivity index (χ0n) is 11.2. The van der Waals surface area contributed by atoms with Gasteiger partial charge in [0.2, 0.25) is 0 Å². The van der Waals surface area contributed by atoms with E-state index in [2.05, 4.69) is 46.3 Å². The van der Waals surface area contributed by atoms with Crippen molar-refractivity contribution in [2.75, 3.05) is 0 Å². The highest BCUT2D eigenvalue weighted by Crippen LogP contribution is 2.27. The van der Waals surface area contributed by atoms with Gasteiger partial charge < -0.3 is 4.74 Å². The van der Waals surface area contributed by atoms with Crippen molar-refractivity contribution in [1.29, 1.82) is 5.26 Å². The highest BCUT2D eigenvalue weighted by atomic mass is 79.9. The predicted octanol–water partition coefficient (Wildman–Crippen LogP) is 5.05. The number of fused-ring (bicyclic) bond motifs is 1. The van der Waals surface area contributed by atoms with Gasteiger partial charge in [0.05, 0.1) is 16.1 Å². The third-order valence-corrected chi connectivity index (χ3v) is 3.94. The number of benzene rings is 3. The summed E-state index contributed by atoms with van der Waals surface area (Å²) < 4.78 is 6.67. The number of hydrogen-bond donors (Lipinski definition) is 0. The van der Waals surface area contributed by atoms with Crippen molar-refractivity contribution in [3.8, 4) is 11.8 Å². The average molecular weight is 338 g/mol. The summed E-state index contributed by atoms with van der Waals surface area (Å²) in [5.74, 6) is 0.738. The Kier molecular flexibility index (Phi) is 3.89. The quantitative estimate of drug-likeness (QED) is 0.669. The molecule has 0 aliphatic carbocycles. The van der Waals surface area contributed by atoms with Gasteiger partial charge in [0.15, 0.2) is 0 Å². The summed E-state index contributed by atoms with van der Waals surface area (Å²) in [5, 5.41) is 11.3. The molecule has 0 aromatic heterocycles. The topological polar surface area (TPSA) is 33.0 Å². The first kappa shape index (κ1) is 13.7. The smallest absolute Gasteiger partial charge is 0.134 e. The fourth-order valence-electron chi connectivity index (χ4n) is 2.26. The van der Waals surface area contributed by atoms with Crippen LogP contribution in [0.2, 0.25) is 0 Å². The Bertz CT molecular complexity index is 831. The maximum absolute atomic E-state index is 8.87. The third kappa shape index (κ3) is 2.91. The van der Waals surface area contributed by atoms with Crippen LogP contribution in [-0.4, -0.2) is 0 Å². The molecule has 2 nitrogen and oxygen atoms in total. The first-order valence-corrected chi connectivity index (χ1v) is 7.36.